The molecule has 1 unspecified atom stereocenters. The molecule has 0 aliphatic rings. The van der Waals surface area contributed by atoms with Crippen molar-refractivity contribution >= 4 is 0 Å². The minimum atomic E-state index is -0.442. The number of hydrogen-bond donors (Lipinski definition) is 2. The number of aryl methyl sites for hydroxylation is 1. The van der Waals surface area contributed by atoms with Gasteiger partial charge in [-0.3, -0.25) is 0 Å². The van der Waals surface area contributed by atoms with E-state index in [9.17, 15) is 5.11 Å². The molecule has 0 radical (unpaired) electrons. The molecule has 3 nitrogen and oxygen atoms in total. The third-order valence-electron chi connectivity index (χ3n) is 2.49. The molecule has 1 aromatic carbocycles. The van der Waals surface area contributed by atoms with Crippen LogP contribution >= 0.6 is 0 Å². The molecule has 0 amide bonds. The first-order chi connectivity index (χ1) is 7.65. The van der Waals surface area contributed by atoms with E-state index in [0.717, 1.165) is 29.7 Å². The van der Waals surface area contributed by atoms with Gasteiger partial charge in [-0.15, -0.1) is 0 Å². The second kappa shape index (κ2) is 6.51. The first-order valence-electron chi connectivity index (χ1n) is 5.67. The highest BCUT2D eigenvalue weighted by atomic mass is 16.5. The lowest BCUT2D eigenvalue weighted by atomic mass is 10.1. The van der Waals surface area contributed by atoms with E-state index < -0.39 is 6.10 Å². The van der Waals surface area contributed by atoms with E-state index in [2.05, 4.69) is 0 Å². The van der Waals surface area contributed by atoms with E-state index in [0.29, 0.717) is 6.61 Å². The SMILES string of the molecule is Cc1cc(C(C)O)ccc1OCCCCO. The zero-order valence-corrected chi connectivity index (χ0v) is 9.94. The highest BCUT2D eigenvalue weighted by Gasteiger charge is 2.04. The molecule has 0 saturated heterocycles. The van der Waals surface area contributed by atoms with Crippen LogP contribution in [0, 0.1) is 6.92 Å². The molecule has 0 aliphatic heterocycles. The molecule has 3 heteroatoms. The Balaban J connectivity index is 2.54. The minimum absolute atomic E-state index is 0.212. The van der Waals surface area contributed by atoms with Crippen LogP contribution in [0.4, 0.5) is 0 Å². The summed E-state index contributed by atoms with van der Waals surface area (Å²) in [6, 6.07) is 5.70. The molecular weight excluding hydrogens is 204 g/mol. The van der Waals surface area contributed by atoms with Gasteiger partial charge in [-0.2, -0.15) is 0 Å². The van der Waals surface area contributed by atoms with Crippen molar-refractivity contribution in [2.75, 3.05) is 13.2 Å². The lowest BCUT2D eigenvalue weighted by Crippen LogP contribution is -2.01. The monoisotopic (exact) mass is 224 g/mol. The Morgan fingerprint density at radius 3 is 2.62 bits per heavy atom. The van der Waals surface area contributed by atoms with Gasteiger partial charge in [-0.25, -0.2) is 0 Å². The zero-order valence-electron chi connectivity index (χ0n) is 9.94. The number of rotatable bonds is 6. The third-order valence-corrected chi connectivity index (χ3v) is 2.49. The average molecular weight is 224 g/mol. The van der Waals surface area contributed by atoms with E-state index in [-0.39, 0.29) is 6.61 Å². The maximum atomic E-state index is 9.42. The molecule has 1 atom stereocenters. The second-order valence-corrected chi connectivity index (χ2v) is 3.98. The maximum absolute atomic E-state index is 9.42. The van der Waals surface area contributed by atoms with Gasteiger partial charge in [0, 0.05) is 6.61 Å². The molecule has 0 heterocycles. The second-order valence-electron chi connectivity index (χ2n) is 3.98. The largest absolute Gasteiger partial charge is 0.493 e. The summed E-state index contributed by atoms with van der Waals surface area (Å²) < 4.78 is 5.58. The van der Waals surface area contributed by atoms with Crippen molar-refractivity contribution in [2.24, 2.45) is 0 Å². The predicted octanol–water partition coefficient (Wildman–Crippen LogP) is 2.20. The van der Waals surface area contributed by atoms with Crippen LogP contribution in [0.15, 0.2) is 18.2 Å². The third kappa shape index (κ3) is 3.83. The Morgan fingerprint density at radius 1 is 1.31 bits per heavy atom. The Bertz CT molecular complexity index is 321. The van der Waals surface area contributed by atoms with Gasteiger partial charge in [0.25, 0.3) is 0 Å². The van der Waals surface area contributed by atoms with Gasteiger partial charge in [0.05, 0.1) is 12.7 Å². The van der Waals surface area contributed by atoms with Crippen LogP contribution in [-0.4, -0.2) is 23.4 Å². The molecule has 1 aromatic rings. The van der Waals surface area contributed by atoms with Crippen LogP contribution in [-0.2, 0) is 0 Å². The maximum Gasteiger partial charge on any atom is 0.122 e. The standard InChI is InChI=1S/C13H20O3/c1-10-9-12(11(2)15)5-6-13(10)16-8-4-3-7-14/h5-6,9,11,14-15H,3-4,7-8H2,1-2H3. The number of unbranched alkanes of at least 4 members (excludes halogenated alkanes) is 1. The van der Waals surface area contributed by atoms with Gasteiger partial charge in [0.1, 0.15) is 5.75 Å². The summed E-state index contributed by atoms with van der Waals surface area (Å²) in [5, 5.41) is 18.0. The molecule has 0 aliphatic carbocycles. The van der Waals surface area contributed by atoms with Gasteiger partial charge in [-0.1, -0.05) is 6.07 Å². The van der Waals surface area contributed by atoms with Gasteiger partial charge in [0.15, 0.2) is 0 Å². The first-order valence-corrected chi connectivity index (χ1v) is 5.67. The molecule has 16 heavy (non-hydrogen) atoms. The highest BCUT2D eigenvalue weighted by Crippen LogP contribution is 2.22. The molecule has 0 fully saturated rings. The molecule has 0 aromatic heterocycles. The smallest absolute Gasteiger partial charge is 0.122 e. The summed E-state index contributed by atoms with van der Waals surface area (Å²) >= 11 is 0. The number of aliphatic hydroxyl groups excluding tert-OH is 2. The Hall–Kier alpha value is -1.06. The molecule has 0 spiro atoms. The highest BCUT2D eigenvalue weighted by molar-refractivity contribution is 5.36. The van der Waals surface area contributed by atoms with Crippen LogP contribution in [0.25, 0.3) is 0 Å². The predicted molar refractivity (Wildman–Crippen MR) is 63.6 cm³/mol. The van der Waals surface area contributed by atoms with Crippen molar-refractivity contribution < 1.29 is 14.9 Å². The van der Waals surface area contributed by atoms with Gasteiger partial charge < -0.3 is 14.9 Å². The fourth-order valence-corrected chi connectivity index (χ4v) is 1.49. The van der Waals surface area contributed by atoms with Crippen LogP contribution in [0.5, 0.6) is 5.75 Å². The van der Waals surface area contributed by atoms with Crippen LogP contribution < -0.4 is 4.74 Å². The molecule has 90 valence electrons. The van der Waals surface area contributed by atoms with Crippen molar-refractivity contribution in [2.45, 2.75) is 32.8 Å². The Kier molecular flexibility index (Phi) is 5.29. The van der Waals surface area contributed by atoms with Crippen LogP contribution in [0.2, 0.25) is 0 Å². The summed E-state index contributed by atoms with van der Waals surface area (Å²) in [5.74, 6) is 0.849. The number of ether oxygens (including phenoxy) is 1. The van der Waals surface area contributed by atoms with E-state index in [4.69, 9.17) is 9.84 Å². The number of benzene rings is 1. The quantitative estimate of drug-likeness (QED) is 0.728. The lowest BCUT2D eigenvalue weighted by Gasteiger charge is -2.11. The van der Waals surface area contributed by atoms with Crippen molar-refractivity contribution in [3.8, 4) is 5.75 Å². The molecule has 0 saturated carbocycles. The van der Waals surface area contributed by atoms with E-state index >= 15 is 0 Å². The van der Waals surface area contributed by atoms with E-state index in [1.54, 1.807) is 6.92 Å². The Labute approximate surface area is 96.7 Å². The van der Waals surface area contributed by atoms with Crippen LogP contribution in [0.1, 0.15) is 37.0 Å². The average Bonchev–Trinajstić information content (AvgIpc) is 2.26. The van der Waals surface area contributed by atoms with Crippen LogP contribution in [0.3, 0.4) is 0 Å². The van der Waals surface area contributed by atoms with Gasteiger partial charge >= 0.3 is 0 Å². The summed E-state index contributed by atoms with van der Waals surface area (Å²) in [6.45, 7) is 4.54. The molecular formula is C13H20O3. The van der Waals surface area contributed by atoms with Crippen molar-refractivity contribution in [1.29, 1.82) is 0 Å². The number of hydrogen-bond acceptors (Lipinski definition) is 3. The fraction of sp³-hybridized carbons (Fsp3) is 0.538. The van der Waals surface area contributed by atoms with E-state index in [1.165, 1.54) is 0 Å². The van der Waals surface area contributed by atoms with Gasteiger partial charge in [0.2, 0.25) is 0 Å². The fourth-order valence-electron chi connectivity index (χ4n) is 1.49. The van der Waals surface area contributed by atoms with Crippen molar-refractivity contribution in [1.82, 2.24) is 0 Å². The summed E-state index contributed by atoms with van der Waals surface area (Å²) in [7, 11) is 0. The summed E-state index contributed by atoms with van der Waals surface area (Å²) in [4.78, 5) is 0. The molecule has 2 N–H and O–H groups in total. The first kappa shape index (κ1) is 13.0. The van der Waals surface area contributed by atoms with Crippen molar-refractivity contribution in [3.05, 3.63) is 29.3 Å². The molecule has 1 rings (SSSR count). The summed E-state index contributed by atoms with van der Waals surface area (Å²) in [5.41, 5.74) is 1.93. The summed E-state index contributed by atoms with van der Waals surface area (Å²) in [6.07, 6.45) is 1.18. The Morgan fingerprint density at radius 2 is 2.06 bits per heavy atom. The number of aliphatic hydroxyl groups is 2. The zero-order chi connectivity index (χ0) is 12.0. The topological polar surface area (TPSA) is 49.7 Å². The normalized spacial score (nSPS) is 12.5. The van der Waals surface area contributed by atoms with E-state index in [1.807, 2.05) is 25.1 Å². The molecule has 0 bridgehead atoms. The van der Waals surface area contributed by atoms with Crippen molar-refractivity contribution in [3.63, 3.8) is 0 Å². The lowest BCUT2D eigenvalue weighted by molar-refractivity contribution is 0.199. The minimum Gasteiger partial charge on any atom is -0.493 e. The van der Waals surface area contributed by atoms with Gasteiger partial charge in [-0.05, 0) is 49.9 Å².